The third-order valence-electron chi connectivity index (χ3n) is 8.23. The summed E-state index contributed by atoms with van der Waals surface area (Å²) >= 11 is 0. The number of rotatable bonds is 14. The summed E-state index contributed by atoms with van der Waals surface area (Å²) in [5.41, 5.74) is 12.9. The number of aryl methyl sites for hydroxylation is 4. The van der Waals surface area contributed by atoms with Crippen LogP contribution in [0.2, 0.25) is 0 Å². The highest BCUT2D eigenvalue weighted by Gasteiger charge is 2.16. The number of hydrogen-bond donors (Lipinski definition) is 3. The van der Waals surface area contributed by atoms with E-state index in [9.17, 15) is 0 Å². The summed E-state index contributed by atoms with van der Waals surface area (Å²) in [5, 5.41) is 5.51. The second-order valence-electron chi connectivity index (χ2n) is 11.4. The van der Waals surface area contributed by atoms with Gasteiger partial charge in [-0.3, -0.25) is 9.88 Å². The largest absolute Gasteiger partial charge is 0.492 e. The van der Waals surface area contributed by atoms with Crippen molar-refractivity contribution in [3.05, 3.63) is 70.9 Å². The van der Waals surface area contributed by atoms with Crippen molar-refractivity contribution < 1.29 is 9.57 Å². The zero-order valence-corrected chi connectivity index (χ0v) is 25.1. The lowest BCUT2D eigenvalue weighted by Crippen LogP contribution is -2.47. The van der Waals surface area contributed by atoms with E-state index >= 15 is 0 Å². The Balaban J connectivity index is 1.07. The lowest BCUT2D eigenvalue weighted by molar-refractivity contribution is 0.115. The molecule has 3 heterocycles. The number of hydrogen-bond acceptors (Lipinski definition) is 9. The second kappa shape index (κ2) is 14.7. The van der Waals surface area contributed by atoms with Crippen LogP contribution in [-0.4, -0.2) is 85.3 Å². The minimum atomic E-state index is 0.484. The predicted molar refractivity (Wildman–Crippen MR) is 171 cm³/mol. The van der Waals surface area contributed by atoms with Gasteiger partial charge in [0.1, 0.15) is 17.9 Å². The first-order chi connectivity index (χ1) is 20.5. The number of piperazine rings is 1. The van der Waals surface area contributed by atoms with Crippen LogP contribution in [-0.2, 0) is 17.7 Å². The van der Waals surface area contributed by atoms with E-state index in [1.54, 1.807) is 0 Å². The van der Waals surface area contributed by atoms with Gasteiger partial charge in [-0.2, -0.15) is 0 Å². The maximum absolute atomic E-state index is 6.24. The number of nitrogens with zero attached hydrogens (tertiary/aromatic N) is 4. The van der Waals surface area contributed by atoms with Crippen LogP contribution in [0.5, 0.6) is 5.75 Å². The van der Waals surface area contributed by atoms with Gasteiger partial charge in [-0.1, -0.05) is 18.2 Å². The maximum atomic E-state index is 6.24. The lowest BCUT2D eigenvalue weighted by Gasteiger charge is -2.34. The monoisotopic (exact) mass is 571 g/mol. The molecule has 2 aromatic carbocycles. The van der Waals surface area contributed by atoms with E-state index in [-0.39, 0.29) is 0 Å². The molecule has 42 heavy (non-hydrogen) atoms. The van der Waals surface area contributed by atoms with Crippen LogP contribution in [0.4, 0.5) is 5.82 Å². The number of fused-ring (bicyclic) bond motifs is 3. The number of nitrogens with two attached hydrogens (primary N) is 2. The molecule has 9 nitrogen and oxygen atoms in total. The molecule has 0 unspecified atom stereocenters. The Hall–Kier alpha value is -3.34. The van der Waals surface area contributed by atoms with Crippen LogP contribution in [0.3, 0.4) is 0 Å². The predicted octanol–water partition coefficient (Wildman–Crippen LogP) is 3.63. The molecule has 0 radical (unpaired) electrons. The van der Waals surface area contributed by atoms with Gasteiger partial charge in [0.25, 0.3) is 0 Å². The highest BCUT2D eigenvalue weighted by molar-refractivity contribution is 6.08. The topological polar surface area (TPSA) is 115 Å². The van der Waals surface area contributed by atoms with Crippen molar-refractivity contribution in [2.75, 3.05) is 71.3 Å². The summed E-state index contributed by atoms with van der Waals surface area (Å²) in [6.45, 7) is 13.8. The van der Waals surface area contributed by atoms with Crippen LogP contribution in [0, 0.1) is 13.8 Å². The highest BCUT2D eigenvalue weighted by atomic mass is 16.6. The summed E-state index contributed by atoms with van der Waals surface area (Å²) in [5.74, 6) is 6.47. The molecule has 0 atom stereocenters. The van der Waals surface area contributed by atoms with E-state index < -0.39 is 0 Å². The van der Waals surface area contributed by atoms with E-state index in [2.05, 4.69) is 86.2 Å². The quantitative estimate of drug-likeness (QED) is 0.119. The summed E-state index contributed by atoms with van der Waals surface area (Å²) in [7, 11) is 0. The molecule has 5 N–H and O–H groups in total. The Morgan fingerprint density at radius 3 is 2.48 bits per heavy atom. The molecule has 0 saturated carbocycles. The van der Waals surface area contributed by atoms with Gasteiger partial charge >= 0.3 is 0 Å². The van der Waals surface area contributed by atoms with Crippen LogP contribution in [0.25, 0.3) is 21.8 Å². The first-order valence-electron chi connectivity index (χ1n) is 15.1. The Kier molecular flexibility index (Phi) is 10.6. The van der Waals surface area contributed by atoms with Gasteiger partial charge in [-0.25, -0.2) is 10.9 Å². The molecule has 1 aliphatic rings. The molecular weight excluding hydrogens is 526 g/mol. The Morgan fingerprint density at radius 1 is 0.881 bits per heavy atom. The summed E-state index contributed by atoms with van der Waals surface area (Å²) in [6, 6.07) is 15.0. The number of benzene rings is 2. The fourth-order valence-electron chi connectivity index (χ4n) is 5.73. The normalized spacial score (nSPS) is 14.6. The van der Waals surface area contributed by atoms with E-state index in [0.717, 1.165) is 99.2 Å². The van der Waals surface area contributed by atoms with Crippen molar-refractivity contribution in [1.82, 2.24) is 25.1 Å². The van der Waals surface area contributed by atoms with Gasteiger partial charge < -0.3 is 25.5 Å². The van der Waals surface area contributed by atoms with Gasteiger partial charge in [0, 0.05) is 56.2 Å². The zero-order chi connectivity index (χ0) is 29.3. The van der Waals surface area contributed by atoms with Crippen LogP contribution >= 0.6 is 0 Å². The smallest absolute Gasteiger partial charge is 0.150 e. The summed E-state index contributed by atoms with van der Waals surface area (Å²) in [6.07, 6.45) is 4.93. The molecule has 0 bridgehead atoms. The standard InChI is InChI=1S/C33H45N7O2/c1-24-4-9-29-30-22-26(23-37-32(30)33(34)38-31(29)20-24)5-6-27-7-8-28(21-25(27)2)41-19-17-40-15-13-39(14-16-40)12-3-10-36-11-18-42-35/h4,7-9,20-23,36H,3,5-6,10-19,35H2,1-2H3,(H2,34,38). The second-order valence-corrected chi connectivity index (χ2v) is 11.4. The van der Waals surface area contributed by atoms with Crippen LogP contribution in [0.1, 0.15) is 28.7 Å². The van der Waals surface area contributed by atoms with Crippen molar-refractivity contribution in [1.29, 1.82) is 0 Å². The highest BCUT2D eigenvalue weighted by Crippen LogP contribution is 2.28. The van der Waals surface area contributed by atoms with E-state index in [1.807, 2.05) is 6.20 Å². The Bertz CT molecular complexity index is 1470. The molecule has 0 aliphatic carbocycles. The minimum Gasteiger partial charge on any atom is -0.492 e. The van der Waals surface area contributed by atoms with Crippen molar-refractivity contribution in [3.63, 3.8) is 0 Å². The Labute approximate surface area is 249 Å². The molecule has 0 amide bonds. The van der Waals surface area contributed by atoms with Gasteiger partial charge in [0.15, 0.2) is 5.82 Å². The Morgan fingerprint density at radius 2 is 1.69 bits per heavy atom. The molecule has 4 aromatic rings. The zero-order valence-electron chi connectivity index (χ0n) is 25.1. The fourth-order valence-corrected chi connectivity index (χ4v) is 5.73. The molecular formula is C33H45N7O2. The minimum absolute atomic E-state index is 0.484. The molecule has 9 heteroatoms. The molecule has 224 valence electrons. The molecule has 5 rings (SSSR count). The van der Waals surface area contributed by atoms with Crippen LogP contribution < -0.4 is 21.7 Å². The van der Waals surface area contributed by atoms with E-state index in [4.69, 9.17) is 16.4 Å². The lowest BCUT2D eigenvalue weighted by atomic mass is 9.99. The van der Waals surface area contributed by atoms with Crippen molar-refractivity contribution in [2.45, 2.75) is 33.1 Å². The number of nitrogen functional groups attached to an aromatic ring is 1. The van der Waals surface area contributed by atoms with E-state index in [0.29, 0.717) is 19.0 Å². The van der Waals surface area contributed by atoms with Crippen LogP contribution in [0.15, 0.2) is 48.7 Å². The molecule has 2 aromatic heterocycles. The number of pyridine rings is 2. The van der Waals surface area contributed by atoms with Crippen molar-refractivity contribution >= 4 is 27.6 Å². The molecule has 1 saturated heterocycles. The van der Waals surface area contributed by atoms with Gasteiger partial charge in [-0.15, -0.1) is 0 Å². The summed E-state index contributed by atoms with van der Waals surface area (Å²) in [4.78, 5) is 18.9. The third kappa shape index (κ3) is 7.93. The number of ether oxygens (including phenoxy) is 1. The number of aromatic nitrogens is 2. The molecule has 0 spiro atoms. The number of nitrogens with one attached hydrogen (secondary N) is 1. The van der Waals surface area contributed by atoms with Crippen molar-refractivity contribution in [3.8, 4) is 5.75 Å². The average Bonchev–Trinajstić information content (AvgIpc) is 2.99. The SMILES string of the molecule is Cc1ccc2c(c1)nc(N)c1ncc(CCc3ccc(OCCN4CCN(CCCNCCON)CC4)cc3C)cc12. The van der Waals surface area contributed by atoms with Gasteiger partial charge in [-0.05, 0) is 92.7 Å². The van der Waals surface area contributed by atoms with Crippen molar-refractivity contribution in [2.24, 2.45) is 5.90 Å². The summed E-state index contributed by atoms with van der Waals surface area (Å²) < 4.78 is 6.14. The van der Waals surface area contributed by atoms with E-state index in [1.165, 1.54) is 22.3 Å². The molecule has 1 aliphatic heterocycles. The number of anilines is 1. The fraction of sp³-hybridized carbons (Fsp3) is 0.455. The average molecular weight is 572 g/mol. The van der Waals surface area contributed by atoms with Gasteiger partial charge in [0.2, 0.25) is 0 Å². The molecule has 1 fully saturated rings. The first-order valence-corrected chi connectivity index (χ1v) is 15.1. The first kappa shape index (κ1) is 30.1. The maximum Gasteiger partial charge on any atom is 0.150 e. The van der Waals surface area contributed by atoms with Gasteiger partial charge in [0.05, 0.1) is 12.1 Å². The third-order valence-corrected chi connectivity index (χ3v) is 8.23.